The number of esters is 1. The van der Waals surface area contributed by atoms with Crippen LogP contribution in [0.25, 0.3) is 0 Å². The molecule has 0 saturated heterocycles. The SMILES string of the molecule is CCC(C)C(NC(=O)CN1CCCc2ccccc21)C(=O)OC. The monoisotopic (exact) mass is 318 g/mol. The van der Waals surface area contributed by atoms with Crippen molar-refractivity contribution in [3.05, 3.63) is 29.8 Å². The first-order chi connectivity index (χ1) is 11.1. The van der Waals surface area contributed by atoms with Crippen molar-refractivity contribution >= 4 is 17.6 Å². The van der Waals surface area contributed by atoms with E-state index in [1.165, 1.54) is 12.7 Å². The largest absolute Gasteiger partial charge is 0.467 e. The van der Waals surface area contributed by atoms with Crippen molar-refractivity contribution in [2.75, 3.05) is 25.1 Å². The predicted molar refractivity (Wildman–Crippen MR) is 90.4 cm³/mol. The third-order valence-corrected chi connectivity index (χ3v) is 4.53. The average molecular weight is 318 g/mol. The lowest BCUT2D eigenvalue weighted by Gasteiger charge is -2.31. The summed E-state index contributed by atoms with van der Waals surface area (Å²) in [5, 5.41) is 2.84. The van der Waals surface area contributed by atoms with Crippen LogP contribution in [0.5, 0.6) is 0 Å². The molecule has 0 fully saturated rings. The number of ether oxygens (including phenoxy) is 1. The molecule has 1 aliphatic rings. The van der Waals surface area contributed by atoms with Crippen molar-refractivity contribution in [1.82, 2.24) is 5.32 Å². The van der Waals surface area contributed by atoms with Crippen LogP contribution in [0.3, 0.4) is 0 Å². The summed E-state index contributed by atoms with van der Waals surface area (Å²) in [5.74, 6) is -0.482. The topological polar surface area (TPSA) is 58.6 Å². The van der Waals surface area contributed by atoms with Crippen molar-refractivity contribution < 1.29 is 14.3 Å². The van der Waals surface area contributed by atoms with Crippen LogP contribution in [0, 0.1) is 5.92 Å². The number of methoxy groups -OCH3 is 1. The summed E-state index contributed by atoms with van der Waals surface area (Å²) in [6, 6.07) is 7.59. The van der Waals surface area contributed by atoms with Crippen LogP contribution < -0.4 is 10.2 Å². The Morgan fingerprint density at radius 3 is 2.78 bits per heavy atom. The molecular weight excluding hydrogens is 292 g/mol. The average Bonchev–Trinajstić information content (AvgIpc) is 2.58. The fourth-order valence-electron chi connectivity index (χ4n) is 2.96. The molecule has 0 bridgehead atoms. The minimum Gasteiger partial charge on any atom is -0.467 e. The predicted octanol–water partition coefficient (Wildman–Crippen LogP) is 2.14. The number of carbonyl (C=O) groups is 2. The minimum absolute atomic E-state index is 0.0417. The molecule has 1 heterocycles. The van der Waals surface area contributed by atoms with E-state index < -0.39 is 6.04 Å². The van der Waals surface area contributed by atoms with Gasteiger partial charge < -0.3 is 15.0 Å². The Hall–Kier alpha value is -2.04. The highest BCUT2D eigenvalue weighted by atomic mass is 16.5. The molecule has 2 atom stereocenters. The van der Waals surface area contributed by atoms with Gasteiger partial charge in [0, 0.05) is 12.2 Å². The van der Waals surface area contributed by atoms with Gasteiger partial charge in [-0.25, -0.2) is 4.79 Å². The second kappa shape index (κ2) is 7.99. The molecule has 0 saturated carbocycles. The fourth-order valence-corrected chi connectivity index (χ4v) is 2.96. The Morgan fingerprint density at radius 1 is 1.35 bits per heavy atom. The zero-order valence-corrected chi connectivity index (χ0v) is 14.2. The number of amides is 1. The number of hydrogen-bond acceptors (Lipinski definition) is 4. The van der Waals surface area contributed by atoms with E-state index in [0.717, 1.165) is 31.5 Å². The zero-order chi connectivity index (χ0) is 16.8. The van der Waals surface area contributed by atoms with Crippen molar-refractivity contribution in [1.29, 1.82) is 0 Å². The molecule has 0 aromatic heterocycles. The molecule has 0 radical (unpaired) electrons. The highest BCUT2D eigenvalue weighted by Gasteiger charge is 2.27. The normalized spacial score (nSPS) is 16.2. The highest BCUT2D eigenvalue weighted by Crippen LogP contribution is 2.26. The van der Waals surface area contributed by atoms with Gasteiger partial charge in [-0.2, -0.15) is 0 Å². The molecule has 126 valence electrons. The molecule has 0 spiro atoms. The summed E-state index contributed by atoms with van der Waals surface area (Å²) in [5.41, 5.74) is 2.39. The second-order valence-corrected chi connectivity index (χ2v) is 6.11. The molecule has 1 aromatic rings. The van der Waals surface area contributed by atoms with Gasteiger partial charge in [0.05, 0.1) is 13.7 Å². The lowest BCUT2D eigenvalue weighted by Crippen LogP contribution is -2.49. The molecule has 5 heteroatoms. The van der Waals surface area contributed by atoms with Crippen LogP contribution in [0.1, 0.15) is 32.3 Å². The van der Waals surface area contributed by atoms with E-state index in [4.69, 9.17) is 4.74 Å². The molecule has 1 amide bonds. The van der Waals surface area contributed by atoms with Crippen LogP contribution in [-0.4, -0.2) is 38.1 Å². The number of benzene rings is 1. The Labute approximate surface area is 138 Å². The van der Waals surface area contributed by atoms with E-state index in [1.807, 2.05) is 32.0 Å². The molecule has 5 nitrogen and oxygen atoms in total. The smallest absolute Gasteiger partial charge is 0.328 e. The lowest BCUT2D eigenvalue weighted by molar-refractivity contribution is -0.146. The maximum atomic E-state index is 12.4. The molecule has 1 aromatic carbocycles. The number of carbonyl (C=O) groups excluding carboxylic acids is 2. The van der Waals surface area contributed by atoms with E-state index in [1.54, 1.807) is 0 Å². The first-order valence-electron chi connectivity index (χ1n) is 8.26. The fraction of sp³-hybridized carbons (Fsp3) is 0.556. The van der Waals surface area contributed by atoms with E-state index >= 15 is 0 Å². The van der Waals surface area contributed by atoms with Gasteiger partial charge >= 0.3 is 5.97 Å². The third-order valence-electron chi connectivity index (χ3n) is 4.53. The van der Waals surface area contributed by atoms with Crippen molar-refractivity contribution in [2.24, 2.45) is 5.92 Å². The van der Waals surface area contributed by atoms with Gasteiger partial charge in [-0.3, -0.25) is 4.79 Å². The number of para-hydroxylation sites is 1. The Bertz CT molecular complexity index is 559. The third kappa shape index (κ3) is 4.24. The Kier molecular flexibility index (Phi) is 6.02. The first kappa shape index (κ1) is 17.3. The number of nitrogens with one attached hydrogen (secondary N) is 1. The molecule has 2 unspecified atom stereocenters. The quantitative estimate of drug-likeness (QED) is 0.817. The zero-order valence-electron chi connectivity index (χ0n) is 14.2. The summed E-state index contributed by atoms with van der Waals surface area (Å²) >= 11 is 0. The minimum atomic E-state index is -0.586. The van der Waals surface area contributed by atoms with E-state index in [9.17, 15) is 9.59 Å². The van der Waals surface area contributed by atoms with E-state index in [-0.39, 0.29) is 24.3 Å². The standard InChI is InChI=1S/C18H26N2O3/c1-4-13(2)17(18(22)23-3)19-16(21)12-20-11-7-9-14-8-5-6-10-15(14)20/h5-6,8,10,13,17H,4,7,9,11-12H2,1-3H3,(H,19,21). The number of hydrogen-bond donors (Lipinski definition) is 1. The van der Waals surface area contributed by atoms with E-state index in [0.29, 0.717) is 0 Å². The van der Waals surface area contributed by atoms with Gasteiger partial charge in [-0.1, -0.05) is 38.5 Å². The molecule has 1 N–H and O–H groups in total. The van der Waals surface area contributed by atoms with Gasteiger partial charge in [0.25, 0.3) is 0 Å². The first-order valence-corrected chi connectivity index (χ1v) is 8.26. The molecule has 0 aliphatic carbocycles. The number of nitrogens with zero attached hydrogens (tertiary/aromatic N) is 1. The summed E-state index contributed by atoms with van der Waals surface area (Å²) in [6.45, 7) is 5.06. The molecule has 23 heavy (non-hydrogen) atoms. The maximum absolute atomic E-state index is 12.4. The molecule has 2 rings (SSSR count). The van der Waals surface area contributed by atoms with Gasteiger partial charge in [0.1, 0.15) is 6.04 Å². The van der Waals surface area contributed by atoms with Crippen LogP contribution in [0.4, 0.5) is 5.69 Å². The summed E-state index contributed by atoms with van der Waals surface area (Å²) in [4.78, 5) is 26.4. The summed E-state index contributed by atoms with van der Waals surface area (Å²) in [7, 11) is 1.35. The highest BCUT2D eigenvalue weighted by molar-refractivity contribution is 5.87. The number of rotatable bonds is 6. The Morgan fingerprint density at radius 2 is 2.09 bits per heavy atom. The summed E-state index contributed by atoms with van der Waals surface area (Å²) in [6.07, 6.45) is 2.88. The van der Waals surface area contributed by atoms with Crippen molar-refractivity contribution in [3.63, 3.8) is 0 Å². The van der Waals surface area contributed by atoms with Gasteiger partial charge in [0.2, 0.25) is 5.91 Å². The van der Waals surface area contributed by atoms with Crippen LogP contribution in [-0.2, 0) is 20.7 Å². The van der Waals surface area contributed by atoms with Gasteiger partial charge in [-0.15, -0.1) is 0 Å². The van der Waals surface area contributed by atoms with Gasteiger partial charge in [0.15, 0.2) is 0 Å². The van der Waals surface area contributed by atoms with Crippen LogP contribution in [0.2, 0.25) is 0 Å². The number of anilines is 1. The van der Waals surface area contributed by atoms with Gasteiger partial charge in [-0.05, 0) is 30.4 Å². The van der Waals surface area contributed by atoms with Crippen molar-refractivity contribution in [2.45, 2.75) is 39.2 Å². The maximum Gasteiger partial charge on any atom is 0.328 e. The number of aryl methyl sites for hydroxylation is 1. The summed E-state index contributed by atoms with van der Waals surface area (Å²) < 4.78 is 4.82. The van der Waals surface area contributed by atoms with E-state index in [2.05, 4.69) is 16.3 Å². The molecular formula is C18H26N2O3. The Balaban J connectivity index is 2.03. The number of fused-ring (bicyclic) bond motifs is 1. The van der Waals surface area contributed by atoms with Crippen LogP contribution in [0.15, 0.2) is 24.3 Å². The van der Waals surface area contributed by atoms with Crippen LogP contribution >= 0.6 is 0 Å². The lowest BCUT2D eigenvalue weighted by atomic mass is 9.99. The second-order valence-electron chi connectivity index (χ2n) is 6.11. The molecule has 1 aliphatic heterocycles. The van der Waals surface area contributed by atoms with Crippen molar-refractivity contribution in [3.8, 4) is 0 Å².